The van der Waals surface area contributed by atoms with E-state index in [1.54, 1.807) is 24.5 Å². The van der Waals surface area contributed by atoms with E-state index < -0.39 is 18.1 Å². The zero-order valence-electron chi connectivity index (χ0n) is 13.4. The van der Waals surface area contributed by atoms with Gasteiger partial charge in [0.15, 0.2) is 0 Å². The van der Waals surface area contributed by atoms with Crippen molar-refractivity contribution in [3.05, 3.63) is 57.8 Å². The van der Waals surface area contributed by atoms with Crippen LogP contribution in [-0.2, 0) is 4.79 Å². The van der Waals surface area contributed by atoms with E-state index >= 15 is 0 Å². The maximum atomic E-state index is 12.6. The Hall–Kier alpha value is -2.51. The summed E-state index contributed by atoms with van der Waals surface area (Å²) in [5.41, 5.74) is 0.926. The number of aromatic hydroxyl groups is 1. The van der Waals surface area contributed by atoms with Crippen molar-refractivity contribution in [2.75, 3.05) is 13.1 Å². The number of benzene rings is 1. The van der Waals surface area contributed by atoms with Crippen LogP contribution in [0.4, 0.5) is 4.79 Å². The van der Waals surface area contributed by atoms with Crippen LogP contribution in [0.3, 0.4) is 0 Å². The normalized spacial score (nSPS) is 15.2. The summed E-state index contributed by atoms with van der Waals surface area (Å²) >= 11 is 12.3. The van der Waals surface area contributed by atoms with Gasteiger partial charge in [0.05, 0.1) is 22.0 Å². The molecule has 9 heteroatoms. The molecule has 136 valence electrons. The highest BCUT2D eigenvalue weighted by Crippen LogP contribution is 2.39. The Morgan fingerprint density at radius 1 is 1.19 bits per heavy atom. The second-order valence-electron chi connectivity index (χ2n) is 5.90. The number of phenols is 1. The van der Waals surface area contributed by atoms with Crippen molar-refractivity contribution in [1.29, 1.82) is 0 Å². The molecule has 1 aromatic carbocycles. The average molecular weight is 396 g/mol. The summed E-state index contributed by atoms with van der Waals surface area (Å²) in [4.78, 5) is 28.5. The van der Waals surface area contributed by atoms with Crippen LogP contribution in [0.1, 0.15) is 17.2 Å². The maximum Gasteiger partial charge on any atom is 0.407 e. The SMILES string of the molecule is O=C(N[C@@H](c1ccncc1)c1c(O)ccc(Cl)c1Cl)C1CN(C(=O)O)C1. The number of rotatable bonds is 4. The van der Waals surface area contributed by atoms with Gasteiger partial charge < -0.3 is 20.4 Å². The Morgan fingerprint density at radius 2 is 1.85 bits per heavy atom. The Bertz CT molecular complexity index is 841. The fraction of sp³-hybridized carbons (Fsp3) is 0.235. The lowest BCUT2D eigenvalue weighted by molar-refractivity contribution is -0.129. The van der Waals surface area contributed by atoms with Gasteiger partial charge in [-0.05, 0) is 29.8 Å². The zero-order valence-corrected chi connectivity index (χ0v) is 14.9. The molecule has 1 aliphatic heterocycles. The molecule has 3 rings (SSSR count). The van der Waals surface area contributed by atoms with Crippen LogP contribution in [0.2, 0.25) is 10.0 Å². The largest absolute Gasteiger partial charge is 0.508 e. The summed E-state index contributed by atoms with van der Waals surface area (Å²) in [6.07, 6.45) is 2.05. The number of aromatic nitrogens is 1. The number of hydrogen-bond acceptors (Lipinski definition) is 4. The van der Waals surface area contributed by atoms with Crippen molar-refractivity contribution in [2.45, 2.75) is 6.04 Å². The fourth-order valence-corrected chi connectivity index (χ4v) is 3.20. The molecule has 0 aliphatic carbocycles. The van der Waals surface area contributed by atoms with E-state index in [0.29, 0.717) is 5.56 Å². The standard InChI is InChI=1S/C17H15Cl2N3O4/c18-11-1-2-12(23)13(14(11)19)15(9-3-5-20-6-4-9)21-16(24)10-7-22(8-10)17(25)26/h1-6,10,15,23H,7-8H2,(H,21,24)(H,25,26)/t15-/m0/s1. The lowest BCUT2D eigenvalue weighted by Crippen LogP contribution is -2.55. The van der Waals surface area contributed by atoms with Gasteiger partial charge in [-0.25, -0.2) is 4.79 Å². The van der Waals surface area contributed by atoms with Crippen LogP contribution in [0.15, 0.2) is 36.7 Å². The van der Waals surface area contributed by atoms with Crippen LogP contribution in [0.25, 0.3) is 0 Å². The van der Waals surface area contributed by atoms with E-state index in [1.807, 2.05) is 0 Å². The summed E-state index contributed by atoms with van der Waals surface area (Å²) in [6, 6.07) is 5.48. The van der Waals surface area contributed by atoms with Crippen molar-refractivity contribution in [2.24, 2.45) is 5.92 Å². The summed E-state index contributed by atoms with van der Waals surface area (Å²) in [7, 11) is 0. The lowest BCUT2D eigenvalue weighted by atomic mass is 9.95. The monoisotopic (exact) mass is 395 g/mol. The molecule has 2 amide bonds. The number of likely N-dealkylation sites (tertiary alicyclic amines) is 1. The number of hydrogen-bond donors (Lipinski definition) is 3. The molecule has 2 aromatic rings. The smallest absolute Gasteiger partial charge is 0.407 e. The predicted octanol–water partition coefficient (Wildman–Crippen LogP) is 2.91. The van der Waals surface area contributed by atoms with E-state index in [1.165, 1.54) is 12.1 Å². The fourth-order valence-electron chi connectivity index (χ4n) is 2.77. The summed E-state index contributed by atoms with van der Waals surface area (Å²) in [6.45, 7) is 0.249. The maximum absolute atomic E-state index is 12.6. The van der Waals surface area contributed by atoms with Crippen LogP contribution in [-0.4, -0.2) is 45.2 Å². The summed E-state index contributed by atoms with van der Waals surface area (Å²) < 4.78 is 0. The third-order valence-electron chi connectivity index (χ3n) is 4.25. The summed E-state index contributed by atoms with van der Waals surface area (Å²) in [5.74, 6) is -0.905. The summed E-state index contributed by atoms with van der Waals surface area (Å²) in [5, 5.41) is 22.4. The first kappa shape index (κ1) is 18.3. The number of halogens is 2. The Kier molecular flexibility index (Phi) is 5.20. The van der Waals surface area contributed by atoms with E-state index in [0.717, 1.165) is 4.90 Å². The molecule has 1 atom stereocenters. The number of carbonyl (C=O) groups is 2. The number of nitrogens with zero attached hydrogens (tertiary/aromatic N) is 2. The van der Waals surface area contributed by atoms with E-state index in [2.05, 4.69) is 10.3 Å². The highest BCUT2D eigenvalue weighted by atomic mass is 35.5. The minimum Gasteiger partial charge on any atom is -0.508 e. The third-order valence-corrected chi connectivity index (χ3v) is 5.07. The van der Waals surface area contributed by atoms with Crippen LogP contribution < -0.4 is 5.32 Å². The molecular formula is C17H15Cl2N3O4. The highest BCUT2D eigenvalue weighted by Gasteiger charge is 2.37. The quantitative estimate of drug-likeness (QED) is 0.738. The first-order chi connectivity index (χ1) is 12.4. The predicted molar refractivity (Wildman–Crippen MR) is 95.4 cm³/mol. The lowest BCUT2D eigenvalue weighted by Gasteiger charge is -2.36. The second kappa shape index (κ2) is 7.39. The minimum atomic E-state index is -1.06. The molecule has 0 radical (unpaired) electrons. The minimum absolute atomic E-state index is 0.109. The molecule has 0 bridgehead atoms. The average Bonchev–Trinajstić information content (AvgIpc) is 2.56. The van der Waals surface area contributed by atoms with Gasteiger partial charge in [-0.1, -0.05) is 23.2 Å². The Morgan fingerprint density at radius 3 is 2.46 bits per heavy atom. The van der Waals surface area contributed by atoms with Gasteiger partial charge in [-0.15, -0.1) is 0 Å². The second-order valence-corrected chi connectivity index (χ2v) is 6.69. The molecule has 0 spiro atoms. The van der Waals surface area contributed by atoms with Crippen molar-refractivity contribution in [1.82, 2.24) is 15.2 Å². The zero-order chi connectivity index (χ0) is 18.8. The van der Waals surface area contributed by atoms with Gasteiger partial charge in [0, 0.05) is 31.0 Å². The molecular weight excluding hydrogens is 381 g/mol. The van der Waals surface area contributed by atoms with Crippen LogP contribution in [0.5, 0.6) is 5.75 Å². The van der Waals surface area contributed by atoms with E-state index in [-0.39, 0.29) is 40.4 Å². The van der Waals surface area contributed by atoms with Crippen molar-refractivity contribution in [3.8, 4) is 5.75 Å². The molecule has 1 aromatic heterocycles. The number of carbonyl (C=O) groups excluding carboxylic acids is 1. The van der Waals surface area contributed by atoms with Gasteiger partial charge in [-0.3, -0.25) is 9.78 Å². The third kappa shape index (κ3) is 3.54. The van der Waals surface area contributed by atoms with E-state index in [4.69, 9.17) is 28.3 Å². The van der Waals surface area contributed by atoms with Crippen LogP contribution in [0, 0.1) is 5.92 Å². The number of amides is 2. The molecule has 2 heterocycles. The number of nitrogens with one attached hydrogen (secondary N) is 1. The van der Waals surface area contributed by atoms with Crippen molar-refractivity contribution in [3.63, 3.8) is 0 Å². The van der Waals surface area contributed by atoms with Gasteiger partial charge in [0.2, 0.25) is 5.91 Å². The Labute approximate surface area is 159 Å². The van der Waals surface area contributed by atoms with Gasteiger partial charge >= 0.3 is 6.09 Å². The molecule has 0 unspecified atom stereocenters. The van der Waals surface area contributed by atoms with Gasteiger partial charge in [0.1, 0.15) is 5.75 Å². The molecule has 0 saturated carbocycles. The van der Waals surface area contributed by atoms with Crippen LogP contribution >= 0.6 is 23.2 Å². The molecule has 1 aliphatic rings. The molecule has 26 heavy (non-hydrogen) atoms. The Balaban J connectivity index is 1.90. The first-order valence-corrected chi connectivity index (χ1v) is 8.49. The van der Waals surface area contributed by atoms with Crippen molar-refractivity contribution >= 4 is 35.2 Å². The topological polar surface area (TPSA) is 103 Å². The molecule has 1 saturated heterocycles. The van der Waals surface area contributed by atoms with Crippen molar-refractivity contribution < 1.29 is 19.8 Å². The number of pyridine rings is 1. The molecule has 1 fully saturated rings. The first-order valence-electron chi connectivity index (χ1n) is 7.73. The van der Waals surface area contributed by atoms with Gasteiger partial charge in [-0.2, -0.15) is 0 Å². The number of carboxylic acid groups (broad SMARTS) is 1. The molecule has 7 nitrogen and oxygen atoms in total. The van der Waals surface area contributed by atoms with Gasteiger partial charge in [0.25, 0.3) is 0 Å². The van der Waals surface area contributed by atoms with E-state index in [9.17, 15) is 14.7 Å². The molecule has 3 N–H and O–H groups in total. The number of phenolic OH excluding ortho intramolecular Hbond substituents is 1. The highest BCUT2D eigenvalue weighted by molar-refractivity contribution is 6.42.